The Kier molecular flexibility index (Phi) is 5.47. The molecule has 1 N–H and O–H groups in total. The van der Waals surface area contributed by atoms with E-state index in [2.05, 4.69) is 57.3 Å². The highest BCUT2D eigenvalue weighted by atomic mass is 16.5. The quantitative estimate of drug-likeness (QED) is 0.812. The van der Waals surface area contributed by atoms with Crippen LogP contribution in [0.15, 0.2) is 24.3 Å². The predicted molar refractivity (Wildman–Crippen MR) is 85.2 cm³/mol. The van der Waals surface area contributed by atoms with Crippen molar-refractivity contribution in [2.24, 2.45) is 5.92 Å². The van der Waals surface area contributed by atoms with Crippen molar-refractivity contribution in [2.45, 2.75) is 71.6 Å². The molecular weight excluding hydrogens is 246 g/mol. The molecule has 0 amide bonds. The number of nitrogens with one attached hydrogen (secondary N) is 1. The smallest absolute Gasteiger partial charge is 0.124 e. The molecule has 0 radical (unpaired) electrons. The summed E-state index contributed by atoms with van der Waals surface area (Å²) in [7, 11) is 0. The first-order chi connectivity index (χ1) is 9.60. The van der Waals surface area contributed by atoms with Gasteiger partial charge in [-0.3, -0.25) is 0 Å². The van der Waals surface area contributed by atoms with Gasteiger partial charge in [-0.05, 0) is 52.0 Å². The summed E-state index contributed by atoms with van der Waals surface area (Å²) in [6.07, 6.45) is 5.56. The molecule has 1 aliphatic rings. The van der Waals surface area contributed by atoms with E-state index >= 15 is 0 Å². The number of rotatable bonds is 6. The van der Waals surface area contributed by atoms with Crippen LogP contribution in [0.1, 0.15) is 65.0 Å². The molecule has 20 heavy (non-hydrogen) atoms. The molecule has 0 aliphatic heterocycles. The standard InChI is InChI=1S/C18H29NO/c1-5-15-10-11-16(12-15)19-14(4)17-8-6-7-9-18(17)20-13(2)3/h6-9,13-16,19H,5,10-12H2,1-4H3. The lowest BCUT2D eigenvalue weighted by Gasteiger charge is -2.23. The highest BCUT2D eigenvalue weighted by Gasteiger charge is 2.25. The van der Waals surface area contributed by atoms with E-state index in [0.29, 0.717) is 12.1 Å². The Morgan fingerprint density at radius 2 is 1.95 bits per heavy atom. The van der Waals surface area contributed by atoms with E-state index < -0.39 is 0 Å². The van der Waals surface area contributed by atoms with Crippen LogP contribution in [0, 0.1) is 5.92 Å². The van der Waals surface area contributed by atoms with Crippen molar-refractivity contribution in [1.82, 2.24) is 5.32 Å². The largest absolute Gasteiger partial charge is 0.491 e. The van der Waals surface area contributed by atoms with E-state index in [0.717, 1.165) is 11.7 Å². The number of benzene rings is 1. The van der Waals surface area contributed by atoms with Gasteiger partial charge in [0.1, 0.15) is 5.75 Å². The van der Waals surface area contributed by atoms with Gasteiger partial charge in [0.15, 0.2) is 0 Å². The third-order valence-corrected chi connectivity index (χ3v) is 4.35. The van der Waals surface area contributed by atoms with E-state index in [1.807, 2.05) is 0 Å². The summed E-state index contributed by atoms with van der Waals surface area (Å²) >= 11 is 0. The van der Waals surface area contributed by atoms with E-state index in [9.17, 15) is 0 Å². The molecule has 0 aromatic heterocycles. The summed E-state index contributed by atoms with van der Waals surface area (Å²) in [6.45, 7) is 8.72. The lowest BCUT2D eigenvalue weighted by atomic mass is 10.0. The highest BCUT2D eigenvalue weighted by Crippen LogP contribution is 2.31. The van der Waals surface area contributed by atoms with Gasteiger partial charge in [-0.25, -0.2) is 0 Å². The zero-order chi connectivity index (χ0) is 14.5. The number of ether oxygens (including phenoxy) is 1. The van der Waals surface area contributed by atoms with E-state index in [-0.39, 0.29) is 6.10 Å². The molecule has 3 atom stereocenters. The molecule has 2 rings (SSSR count). The molecule has 1 saturated carbocycles. The van der Waals surface area contributed by atoms with Crippen LogP contribution in [0.3, 0.4) is 0 Å². The molecule has 1 aromatic carbocycles. The normalized spacial score (nSPS) is 24.1. The lowest BCUT2D eigenvalue weighted by Crippen LogP contribution is -2.29. The molecule has 0 heterocycles. The van der Waals surface area contributed by atoms with Crippen LogP contribution in [-0.2, 0) is 0 Å². The van der Waals surface area contributed by atoms with Crippen molar-refractivity contribution in [3.8, 4) is 5.75 Å². The van der Waals surface area contributed by atoms with E-state index in [1.54, 1.807) is 0 Å². The van der Waals surface area contributed by atoms with Gasteiger partial charge in [0.05, 0.1) is 6.10 Å². The van der Waals surface area contributed by atoms with Crippen molar-refractivity contribution in [1.29, 1.82) is 0 Å². The number of para-hydroxylation sites is 1. The van der Waals surface area contributed by atoms with Crippen molar-refractivity contribution < 1.29 is 4.74 Å². The fourth-order valence-corrected chi connectivity index (χ4v) is 3.24. The van der Waals surface area contributed by atoms with Gasteiger partial charge >= 0.3 is 0 Å². The van der Waals surface area contributed by atoms with Gasteiger partial charge in [0, 0.05) is 17.6 Å². The molecule has 2 heteroatoms. The maximum atomic E-state index is 5.93. The second-order valence-corrected chi connectivity index (χ2v) is 6.38. The Morgan fingerprint density at radius 1 is 1.20 bits per heavy atom. The minimum atomic E-state index is 0.222. The van der Waals surface area contributed by atoms with Crippen LogP contribution in [0.5, 0.6) is 5.75 Å². The Bertz CT molecular complexity index is 416. The van der Waals surface area contributed by atoms with Crippen LogP contribution in [-0.4, -0.2) is 12.1 Å². The topological polar surface area (TPSA) is 21.3 Å². The van der Waals surface area contributed by atoms with Crippen LogP contribution < -0.4 is 10.1 Å². The maximum Gasteiger partial charge on any atom is 0.124 e. The molecule has 112 valence electrons. The molecular formula is C18H29NO. The molecule has 1 aliphatic carbocycles. The van der Waals surface area contributed by atoms with Gasteiger partial charge < -0.3 is 10.1 Å². The lowest BCUT2D eigenvalue weighted by molar-refractivity contribution is 0.237. The van der Waals surface area contributed by atoms with Crippen molar-refractivity contribution >= 4 is 0 Å². The van der Waals surface area contributed by atoms with Crippen LogP contribution in [0.25, 0.3) is 0 Å². The first kappa shape index (κ1) is 15.4. The summed E-state index contributed by atoms with van der Waals surface area (Å²) < 4.78 is 5.93. The summed E-state index contributed by atoms with van der Waals surface area (Å²) in [5.41, 5.74) is 1.28. The summed E-state index contributed by atoms with van der Waals surface area (Å²) in [5.74, 6) is 1.94. The summed E-state index contributed by atoms with van der Waals surface area (Å²) in [6, 6.07) is 9.44. The first-order valence-corrected chi connectivity index (χ1v) is 8.11. The molecule has 3 unspecified atom stereocenters. The monoisotopic (exact) mass is 275 g/mol. The maximum absolute atomic E-state index is 5.93. The molecule has 1 aromatic rings. The second kappa shape index (κ2) is 7.12. The fraction of sp³-hybridized carbons (Fsp3) is 0.667. The Hall–Kier alpha value is -1.02. The fourth-order valence-electron chi connectivity index (χ4n) is 3.24. The zero-order valence-corrected chi connectivity index (χ0v) is 13.4. The summed E-state index contributed by atoms with van der Waals surface area (Å²) in [5, 5.41) is 3.79. The van der Waals surface area contributed by atoms with Gasteiger partial charge in [-0.2, -0.15) is 0 Å². The third kappa shape index (κ3) is 3.99. The molecule has 0 saturated heterocycles. The average Bonchev–Trinajstić information content (AvgIpc) is 2.86. The first-order valence-electron chi connectivity index (χ1n) is 8.11. The van der Waals surface area contributed by atoms with Crippen molar-refractivity contribution in [3.63, 3.8) is 0 Å². The van der Waals surface area contributed by atoms with Crippen LogP contribution in [0.2, 0.25) is 0 Å². The highest BCUT2D eigenvalue weighted by molar-refractivity contribution is 5.35. The number of hydrogen-bond acceptors (Lipinski definition) is 2. The molecule has 0 bridgehead atoms. The molecule has 2 nitrogen and oxygen atoms in total. The van der Waals surface area contributed by atoms with E-state index in [4.69, 9.17) is 4.74 Å². The Morgan fingerprint density at radius 3 is 2.60 bits per heavy atom. The Labute approximate surface area is 123 Å². The SMILES string of the molecule is CCC1CCC(NC(C)c2ccccc2OC(C)C)C1. The van der Waals surface area contributed by atoms with Gasteiger partial charge in [0.25, 0.3) is 0 Å². The molecule has 1 fully saturated rings. The third-order valence-electron chi connectivity index (χ3n) is 4.35. The predicted octanol–water partition coefficient (Wildman–Crippen LogP) is 4.70. The second-order valence-electron chi connectivity index (χ2n) is 6.38. The van der Waals surface area contributed by atoms with Crippen molar-refractivity contribution in [3.05, 3.63) is 29.8 Å². The minimum Gasteiger partial charge on any atom is -0.491 e. The van der Waals surface area contributed by atoms with Crippen molar-refractivity contribution in [2.75, 3.05) is 0 Å². The minimum absolute atomic E-state index is 0.222. The summed E-state index contributed by atoms with van der Waals surface area (Å²) in [4.78, 5) is 0. The Balaban J connectivity index is 2.00. The molecule has 0 spiro atoms. The van der Waals surface area contributed by atoms with Crippen LogP contribution >= 0.6 is 0 Å². The van der Waals surface area contributed by atoms with Gasteiger partial charge in [0.2, 0.25) is 0 Å². The zero-order valence-electron chi connectivity index (χ0n) is 13.4. The van der Waals surface area contributed by atoms with Crippen LogP contribution in [0.4, 0.5) is 0 Å². The van der Waals surface area contributed by atoms with Gasteiger partial charge in [-0.1, -0.05) is 31.5 Å². The average molecular weight is 275 g/mol. The van der Waals surface area contributed by atoms with Gasteiger partial charge in [-0.15, -0.1) is 0 Å². The van der Waals surface area contributed by atoms with E-state index in [1.165, 1.54) is 31.2 Å². The number of hydrogen-bond donors (Lipinski definition) is 1.